The van der Waals surface area contributed by atoms with Gasteiger partial charge in [-0.15, -0.1) is 13.2 Å². The van der Waals surface area contributed by atoms with Crippen molar-refractivity contribution < 1.29 is 27.4 Å². The number of likely N-dealkylation sites (tertiary alicyclic amines) is 1. The average Bonchev–Trinajstić information content (AvgIpc) is 3.09. The van der Waals surface area contributed by atoms with Crippen LogP contribution in [0.3, 0.4) is 0 Å². The van der Waals surface area contributed by atoms with Crippen molar-refractivity contribution in [2.45, 2.75) is 84.2 Å². The van der Waals surface area contributed by atoms with Crippen LogP contribution in [0, 0.1) is 34.5 Å². The Bertz CT molecular complexity index is 934. The fraction of sp³-hybridized carbons (Fsp3) is 0.741. The summed E-state index contributed by atoms with van der Waals surface area (Å²) in [6.45, 7) is 7.22. The van der Waals surface area contributed by atoms with Crippen LogP contribution in [0.2, 0.25) is 0 Å². The van der Waals surface area contributed by atoms with Crippen molar-refractivity contribution in [3.05, 3.63) is 24.3 Å². The van der Waals surface area contributed by atoms with Crippen LogP contribution in [0.1, 0.15) is 65.7 Å². The van der Waals surface area contributed by atoms with Gasteiger partial charge in [0.15, 0.2) is 0 Å². The monoisotopic (exact) mass is 479 g/mol. The molecule has 1 aliphatic heterocycles. The number of fused-ring (bicyclic) bond motifs is 5. The van der Waals surface area contributed by atoms with E-state index in [1.54, 1.807) is 12.1 Å². The van der Waals surface area contributed by atoms with E-state index in [1.165, 1.54) is 25.0 Å². The van der Waals surface area contributed by atoms with Crippen molar-refractivity contribution in [3.63, 3.8) is 0 Å². The van der Waals surface area contributed by atoms with Gasteiger partial charge in [-0.25, -0.2) is 0 Å². The summed E-state index contributed by atoms with van der Waals surface area (Å²) in [6.07, 6.45) is 2.42. The van der Waals surface area contributed by atoms with Crippen LogP contribution in [-0.4, -0.2) is 36.4 Å². The Labute approximate surface area is 200 Å². The summed E-state index contributed by atoms with van der Waals surface area (Å²) in [5.74, 6) is 3.01. The molecule has 34 heavy (non-hydrogen) atoms. The molecule has 0 bridgehead atoms. The first-order chi connectivity index (χ1) is 15.9. The van der Waals surface area contributed by atoms with Gasteiger partial charge in [0, 0.05) is 19.5 Å². The number of ether oxygens (including phenoxy) is 2. The second-order valence-electron chi connectivity index (χ2n) is 11.9. The van der Waals surface area contributed by atoms with Crippen LogP contribution in [-0.2, 0) is 4.79 Å². The minimum atomic E-state index is -4.69. The molecule has 188 valence electrons. The molecule has 3 unspecified atom stereocenters. The van der Waals surface area contributed by atoms with Gasteiger partial charge in [-0.3, -0.25) is 4.79 Å². The number of amides is 1. The number of hydrogen-bond acceptors (Lipinski definition) is 3. The summed E-state index contributed by atoms with van der Waals surface area (Å²) < 4.78 is 47.6. The zero-order chi connectivity index (χ0) is 24.5. The number of benzene rings is 1. The van der Waals surface area contributed by atoms with Crippen LogP contribution >= 0.6 is 0 Å². The molecular formula is C27H36F3NO3. The number of carbonyl (C=O) groups excluding carboxylic acids is 1. The fourth-order valence-electron chi connectivity index (χ4n) is 8.46. The Morgan fingerprint density at radius 2 is 1.71 bits per heavy atom. The minimum Gasteiger partial charge on any atom is -0.490 e. The van der Waals surface area contributed by atoms with Crippen molar-refractivity contribution in [2.24, 2.45) is 34.5 Å². The molecule has 4 fully saturated rings. The van der Waals surface area contributed by atoms with E-state index in [4.69, 9.17) is 4.74 Å². The molecule has 0 spiro atoms. The van der Waals surface area contributed by atoms with E-state index in [0.717, 1.165) is 25.7 Å². The highest BCUT2D eigenvalue weighted by Gasteiger charge is 2.62. The first-order valence-electron chi connectivity index (χ1n) is 12.7. The molecule has 1 aromatic rings. The smallest absolute Gasteiger partial charge is 0.490 e. The molecular weight excluding hydrogens is 443 g/mol. The molecule has 0 radical (unpaired) electrons. The van der Waals surface area contributed by atoms with Crippen molar-refractivity contribution in [1.29, 1.82) is 0 Å². The van der Waals surface area contributed by atoms with E-state index < -0.39 is 6.36 Å². The van der Waals surface area contributed by atoms with Crippen molar-refractivity contribution >= 4 is 5.91 Å². The van der Waals surface area contributed by atoms with Crippen LogP contribution in [0.25, 0.3) is 0 Å². The quantitative estimate of drug-likeness (QED) is 0.501. The third-order valence-electron chi connectivity index (χ3n) is 10.0. The number of piperidine rings is 1. The van der Waals surface area contributed by atoms with E-state index in [9.17, 15) is 18.0 Å². The standard InChI is InChI=1S/C27H36F3NO3/c1-16-13-22-26(3,12-10-23(32)31(22)4)20-9-11-25(2)15-19(14-21(25)24(16)20)33-17-5-7-18(8-6-17)34-27(28,29)30/h5-8,16,19-22,24H,9-15H2,1-4H3/t16?,19?,20-,21+,22?,24-,25-,26-/m1/s1. The largest absolute Gasteiger partial charge is 0.573 e. The maximum absolute atomic E-state index is 12.4. The Hall–Kier alpha value is -1.92. The van der Waals surface area contributed by atoms with Crippen LogP contribution < -0.4 is 9.47 Å². The van der Waals surface area contributed by atoms with E-state index in [0.29, 0.717) is 41.9 Å². The highest BCUT2D eigenvalue weighted by molar-refractivity contribution is 5.77. The van der Waals surface area contributed by atoms with Crippen LogP contribution in [0.4, 0.5) is 13.2 Å². The first-order valence-corrected chi connectivity index (χ1v) is 12.7. The molecule has 1 heterocycles. The van der Waals surface area contributed by atoms with Crippen LogP contribution in [0.5, 0.6) is 11.5 Å². The normalized spacial score (nSPS) is 42.0. The topological polar surface area (TPSA) is 38.8 Å². The summed E-state index contributed by atoms with van der Waals surface area (Å²) in [7, 11) is 1.99. The number of nitrogens with zero attached hydrogens (tertiary/aromatic N) is 1. The SMILES string of the molecule is CC1CC2N(C)C(=O)CC[C@]2(C)[C@@H]2CC[C@]3(C)CC(Oc4ccc(OC(F)(F)F)cc4)C[C@H]3[C@H]12. The van der Waals surface area contributed by atoms with Gasteiger partial charge >= 0.3 is 6.36 Å². The maximum Gasteiger partial charge on any atom is 0.573 e. The van der Waals surface area contributed by atoms with Gasteiger partial charge in [0.05, 0.1) is 6.10 Å². The molecule has 1 aromatic carbocycles. The fourth-order valence-corrected chi connectivity index (χ4v) is 8.46. The first kappa shape index (κ1) is 23.8. The van der Waals surface area contributed by atoms with Crippen LogP contribution in [0.15, 0.2) is 24.3 Å². The highest BCUT2D eigenvalue weighted by Crippen LogP contribution is 2.66. The number of hydrogen-bond donors (Lipinski definition) is 0. The molecule has 1 saturated heterocycles. The predicted molar refractivity (Wildman–Crippen MR) is 122 cm³/mol. The lowest BCUT2D eigenvalue weighted by Gasteiger charge is -2.63. The lowest BCUT2D eigenvalue weighted by Crippen LogP contribution is -2.62. The Kier molecular flexibility index (Phi) is 5.64. The lowest BCUT2D eigenvalue weighted by atomic mass is 9.45. The van der Waals surface area contributed by atoms with Gasteiger partial charge in [-0.1, -0.05) is 20.8 Å². The predicted octanol–water partition coefficient (Wildman–Crippen LogP) is 6.44. The van der Waals surface area contributed by atoms with E-state index in [-0.39, 0.29) is 28.6 Å². The summed E-state index contributed by atoms with van der Waals surface area (Å²) >= 11 is 0. The third kappa shape index (κ3) is 3.97. The van der Waals surface area contributed by atoms with Crippen molar-refractivity contribution in [2.75, 3.05) is 7.05 Å². The average molecular weight is 480 g/mol. The number of carbonyl (C=O) groups is 1. The van der Waals surface area contributed by atoms with E-state index in [1.807, 2.05) is 11.9 Å². The van der Waals surface area contributed by atoms with Gasteiger partial charge in [0.2, 0.25) is 5.91 Å². The molecule has 4 aliphatic rings. The lowest BCUT2D eigenvalue weighted by molar-refractivity contribution is -0.274. The molecule has 8 atom stereocenters. The highest BCUT2D eigenvalue weighted by atomic mass is 19.4. The number of halogens is 3. The van der Waals surface area contributed by atoms with E-state index >= 15 is 0 Å². The van der Waals surface area contributed by atoms with Gasteiger partial charge < -0.3 is 14.4 Å². The Balaban J connectivity index is 1.32. The molecule has 4 nitrogen and oxygen atoms in total. The molecule has 1 amide bonds. The molecule has 3 saturated carbocycles. The number of alkyl halides is 3. The molecule has 0 N–H and O–H groups in total. The van der Waals surface area contributed by atoms with Crippen molar-refractivity contribution in [1.82, 2.24) is 4.90 Å². The Morgan fingerprint density at radius 1 is 1.03 bits per heavy atom. The zero-order valence-corrected chi connectivity index (χ0v) is 20.5. The van der Waals surface area contributed by atoms with E-state index in [2.05, 4.69) is 25.5 Å². The Morgan fingerprint density at radius 3 is 2.38 bits per heavy atom. The molecule has 3 aliphatic carbocycles. The second-order valence-corrected chi connectivity index (χ2v) is 11.9. The van der Waals surface area contributed by atoms with Crippen molar-refractivity contribution in [3.8, 4) is 11.5 Å². The minimum absolute atomic E-state index is 0.0662. The second kappa shape index (κ2) is 8.06. The molecule has 5 rings (SSSR count). The summed E-state index contributed by atoms with van der Waals surface area (Å²) in [5.41, 5.74) is 0.396. The summed E-state index contributed by atoms with van der Waals surface area (Å²) in [5, 5.41) is 0. The molecule has 0 aromatic heterocycles. The van der Waals surface area contributed by atoms with Gasteiger partial charge in [0.1, 0.15) is 11.5 Å². The summed E-state index contributed by atoms with van der Waals surface area (Å²) in [6, 6.07) is 6.09. The van der Waals surface area contributed by atoms with Gasteiger partial charge in [-0.05, 0) is 97.3 Å². The molecule has 7 heteroatoms. The maximum atomic E-state index is 12.4. The van der Waals surface area contributed by atoms with Gasteiger partial charge in [0.25, 0.3) is 0 Å². The third-order valence-corrected chi connectivity index (χ3v) is 10.0. The van der Waals surface area contributed by atoms with Gasteiger partial charge in [-0.2, -0.15) is 0 Å². The zero-order valence-electron chi connectivity index (χ0n) is 20.5. The number of rotatable bonds is 3. The summed E-state index contributed by atoms with van der Waals surface area (Å²) in [4.78, 5) is 14.5.